The minimum Gasteiger partial charge on any atom is -0.390 e. The molecule has 0 aliphatic carbocycles. The Morgan fingerprint density at radius 3 is 2.27 bits per heavy atom. The van der Waals surface area contributed by atoms with Gasteiger partial charge < -0.3 is 5.11 Å². The first-order valence-corrected chi connectivity index (χ1v) is 4.74. The molecule has 0 unspecified atom stereocenters. The predicted octanol–water partition coefficient (Wildman–Crippen LogP) is 2.97. The second-order valence-electron chi connectivity index (χ2n) is 3.90. The summed E-state index contributed by atoms with van der Waals surface area (Å²) in [5.74, 6) is 0.757. The highest BCUT2D eigenvalue weighted by molar-refractivity contribution is 4.70. The van der Waals surface area contributed by atoms with Gasteiger partial charge in [-0.15, -0.1) is 0 Å². The Balaban J connectivity index is 3.52. The molecule has 1 nitrogen and oxygen atoms in total. The van der Waals surface area contributed by atoms with E-state index in [-0.39, 0.29) is 0 Å². The summed E-state index contributed by atoms with van der Waals surface area (Å²) in [5.41, 5.74) is -0.427. The summed E-state index contributed by atoms with van der Waals surface area (Å²) in [7, 11) is 0. The Hall–Kier alpha value is -0.0400. The summed E-state index contributed by atoms with van der Waals surface area (Å²) < 4.78 is 0. The van der Waals surface area contributed by atoms with Crippen molar-refractivity contribution in [1.29, 1.82) is 0 Å². The van der Waals surface area contributed by atoms with Crippen LogP contribution in [-0.4, -0.2) is 10.7 Å². The van der Waals surface area contributed by atoms with Gasteiger partial charge in [0.15, 0.2) is 0 Å². The van der Waals surface area contributed by atoms with Gasteiger partial charge in [-0.3, -0.25) is 0 Å². The van der Waals surface area contributed by atoms with Gasteiger partial charge in [-0.05, 0) is 32.1 Å². The molecule has 0 amide bonds. The quantitative estimate of drug-likeness (QED) is 0.652. The van der Waals surface area contributed by atoms with Crippen molar-refractivity contribution in [3.05, 3.63) is 0 Å². The molecule has 0 aromatic carbocycles. The molecule has 0 radical (unpaired) electrons. The summed E-state index contributed by atoms with van der Waals surface area (Å²) in [6.45, 7) is 8.41. The van der Waals surface area contributed by atoms with Crippen LogP contribution in [0.15, 0.2) is 0 Å². The molecule has 0 spiro atoms. The fourth-order valence-electron chi connectivity index (χ4n) is 0.938. The zero-order valence-electron chi connectivity index (χ0n) is 8.35. The molecule has 0 aromatic rings. The maximum Gasteiger partial charge on any atom is 0.0617 e. The van der Waals surface area contributed by atoms with E-state index in [0.717, 1.165) is 25.2 Å². The SMILES string of the molecule is CC[C@@H](C)CC[C@@](C)(O)CC. The maximum absolute atomic E-state index is 9.67. The Labute approximate surface area is 70.8 Å². The van der Waals surface area contributed by atoms with E-state index in [1.165, 1.54) is 6.42 Å². The van der Waals surface area contributed by atoms with Crippen LogP contribution in [-0.2, 0) is 0 Å². The highest BCUT2D eigenvalue weighted by atomic mass is 16.3. The van der Waals surface area contributed by atoms with Crippen LogP contribution >= 0.6 is 0 Å². The zero-order valence-corrected chi connectivity index (χ0v) is 8.35. The third-order valence-electron chi connectivity index (χ3n) is 2.63. The first kappa shape index (κ1) is 11.0. The van der Waals surface area contributed by atoms with Crippen molar-refractivity contribution in [3.8, 4) is 0 Å². The van der Waals surface area contributed by atoms with Gasteiger partial charge in [0.1, 0.15) is 0 Å². The first-order valence-electron chi connectivity index (χ1n) is 4.74. The molecule has 0 aromatic heterocycles. The monoisotopic (exact) mass is 158 g/mol. The lowest BCUT2D eigenvalue weighted by atomic mass is 9.91. The standard InChI is InChI=1S/C10H22O/c1-5-9(3)7-8-10(4,11)6-2/h9,11H,5-8H2,1-4H3/t9-,10+/m1/s1. The van der Waals surface area contributed by atoms with E-state index >= 15 is 0 Å². The zero-order chi connectivity index (χ0) is 8.91. The van der Waals surface area contributed by atoms with Crippen LogP contribution in [0.2, 0.25) is 0 Å². The van der Waals surface area contributed by atoms with Gasteiger partial charge in [0.2, 0.25) is 0 Å². The molecule has 1 heteroatoms. The van der Waals surface area contributed by atoms with Crippen molar-refractivity contribution in [3.63, 3.8) is 0 Å². The van der Waals surface area contributed by atoms with Crippen molar-refractivity contribution >= 4 is 0 Å². The van der Waals surface area contributed by atoms with Crippen molar-refractivity contribution in [2.45, 2.75) is 59.0 Å². The molecule has 68 valence electrons. The van der Waals surface area contributed by atoms with Crippen molar-refractivity contribution in [2.75, 3.05) is 0 Å². The number of aliphatic hydroxyl groups is 1. The summed E-state index contributed by atoms with van der Waals surface area (Å²) in [6, 6.07) is 0. The first-order chi connectivity index (χ1) is 5.02. The van der Waals surface area contributed by atoms with E-state index in [1.807, 2.05) is 13.8 Å². The molecule has 0 rings (SSSR count). The van der Waals surface area contributed by atoms with E-state index in [1.54, 1.807) is 0 Å². The fraction of sp³-hybridized carbons (Fsp3) is 1.00. The van der Waals surface area contributed by atoms with E-state index in [0.29, 0.717) is 0 Å². The summed E-state index contributed by atoms with van der Waals surface area (Å²) in [6.07, 6.45) is 4.18. The van der Waals surface area contributed by atoms with Crippen LogP contribution in [0.1, 0.15) is 53.4 Å². The largest absolute Gasteiger partial charge is 0.390 e. The van der Waals surface area contributed by atoms with Crippen LogP contribution in [0.3, 0.4) is 0 Å². The molecule has 0 saturated heterocycles. The molecule has 0 aliphatic rings. The lowest BCUT2D eigenvalue weighted by Crippen LogP contribution is -2.23. The van der Waals surface area contributed by atoms with E-state index in [2.05, 4.69) is 13.8 Å². The summed E-state index contributed by atoms with van der Waals surface area (Å²) in [4.78, 5) is 0. The van der Waals surface area contributed by atoms with Crippen LogP contribution in [0.5, 0.6) is 0 Å². The van der Waals surface area contributed by atoms with E-state index in [9.17, 15) is 5.11 Å². The van der Waals surface area contributed by atoms with Gasteiger partial charge in [0.25, 0.3) is 0 Å². The Morgan fingerprint density at radius 1 is 1.36 bits per heavy atom. The third kappa shape index (κ3) is 5.25. The number of hydrogen-bond acceptors (Lipinski definition) is 1. The van der Waals surface area contributed by atoms with Gasteiger partial charge in [-0.25, -0.2) is 0 Å². The number of hydrogen-bond donors (Lipinski definition) is 1. The van der Waals surface area contributed by atoms with Crippen LogP contribution in [0.25, 0.3) is 0 Å². The third-order valence-corrected chi connectivity index (χ3v) is 2.63. The normalized spacial score (nSPS) is 19.4. The Bertz CT molecular complexity index is 97.0. The van der Waals surface area contributed by atoms with Crippen molar-refractivity contribution in [1.82, 2.24) is 0 Å². The van der Waals surface area contributed by atoms with Gasteiger partial charge in [-0.1, -0.05) is 27.2 Å². The molecule has 11 heavy (non-hydrogen) atoms. The van der Waals surface area contributed by atoms with Gasteiger partial charge in [-0.2, -0.15) is 0 Å². The molecule has 0 bridgehead atoms. The highest BCUT2D eigenvalue weighted by Gasteiger charge is 2.17. The Kier molecular flexibility index (Phi) is 4.74. The predicted molar refractivity (Wildman–Crippen MR) is 49.6 cm³/mol. The molecule has 0 aliphatic heterocycles. The second kappa shape index (κ2) is 4.76. The van der Waals surface area contributed by atoms with E-state index in [4.69, 9.17) is 0 Å². The summed E-state index contributed by atoms with van der Waals surface area (Å²) >= 11 is 0. The molecule has 0 fully saturated rings. The molecular formula is C10H22O. The molecule has 2 atom stereocenters. The lowest BCUT2D eigenvalue weighted by molar-refractivity contribution is 0.0408. The average molecular weight is 158 g/mol. The van der Waals surface area contributed by atoms with Gasteiger partial charge in [0, 0.05) is 0 Å². The minimum atomic E-state index is -0.427. The minimum absolute atomic E-state index is 0.427. The van der Waals surface area contributed by atoms with Crippen LogP contribution in [0, 0.1) is 5.92 Å². The second-order valence-corrected chi connectivity index (χ2v) is 3.90. The summed E-state index contributed by atoms with van der Waals surface area (Å²) in [5, 5.41) is 9.67. The van der Waals surface area contributed by atoms with Gasteiger partial charge >= 0.3 is 0 Å². The van der Waals surface area contributed by atoms with Crippen LogP contribution in [0.4, 0.5) is 0 Å². The molecule has 0 saturated carbocycles. The maximum atomic E-state index is 9.67. The van der Waals surface area contributed by atoms with Crippen molar-refractivity contribution in [2.24, 2.45) is 5.92 Å². The smallest absolute Gasteiger partial charge is 0.0617 e. The van der Waals surface area contributed by atoms with Crippen LogP contribution < -0.4 is 0 Å². The molecular weight excluding hydrogens is 136 g/mol. The Morgan fingerprint density at radius 2 is 1.91 bits per heavy atom. The fourth-order valence-corrected chi connectivity index (χ4v) is 0.938. The van der Waals surface area contributed by atoms with Crippen molar-refractivity contribution < 1.29 is 5.11 Å². The van der Waals surface area contributed by atoms with E-state index < -0.39 is 5.60 Å². The topological polar surface area (TPSA) is 20.2 Å². The average Bonchev–Trinajstić information content (AvgIpc) is 2.00. The molecule has 0 heterocycles. The van der Waals surface area contributed by atoms with Gasteiger partial charge in [0.05, 0.1) is 5.60 Å². The number of rotatable bonds is 5. The molecule has 1 N–H and O–H groups in total. The lowest BCUT2D eigenvalue weighted by Gasteiger charge is -2.22. The highest BCUT2D eigenvalue weighted by Crippen LogP contribution is 2.20.